The van der Waals surface area contributed by atoms with Gasteiger partial charge in [-0.2, -0.15) is 0 Å². The molecule has 3 aliphatic rings. The van der Waals surface area contributed by atoms with Gasteiger partial charge in [0.25, 0.3) is 0 Å². The minimum absolute atomic E-state index is 0.461. The zero-order chi connectivity index (χ0) is 14.1. The molecule has 1 heterocycles. The van der Waals surface area contributed by atoms with Crippen LogP contribution < -0.4 is 5.32 Å². The van der Waals surface area contributed by atoms with E-state index in [1.54, 1.807) is 0 Å². The molecule has 3 fully saturated rings. The summed E-state index contributed by atoms with van der Waals surface area (Å²) in [5.74, 6) is 0. The normalized spacial score (nSPS) is 34.8. The molecule has 0 aromatic heterocycles. The van der Waals surface area contributed by atoms with E-state index in [2.05, 4.69) is 24.1 Å². The Hall–Kier alpha value is -0.0800. The molecule has 1 aliphatic heterocycles. The molecule has 0 aromatic carbocycles. The summed E-state index contributed by atoms with van der Waals surface area (Å²) in [5, 5.41) is 3.95. The van der Waals surface area contributed by atoms with E-state index < -0.39 is 0 Å². The molecule has 1 saturated heterocycles. The van der Waals surface area contributed by atoms with Crippen LogP contribution in [0.5, 0.6) is 0 Å². The Morgan fingerprint density at radius 2 is 1.65 bits per heavy atom. The van der Waals surface area contributed by atoms with Crippen LogP contribution in [0, 0.1) is 5.41 Å². The molecule has 2 heteroatoms. The Bertz CT molecular complexity index is 317. The van der Waals surface area contributed by atoms with Crippen LogP contribution in [0.1, 0.15) is 78.1 Å². The van der Waals surface area contributed by atoms with Crippen LogP contribution in [0.15, 0.2) is 0 Å². The monoisotopic (exact) mass is 278 g/mol. The van der Waals surface area contributed by atoms with E-state index in [4.69, 9.17) is 0 Å². The van der Waals surface area contributed by atoms with Gasteiger partial charge in [-0.15, -0.1) is 0 Å². The molecule has 1 unspecified atom stereocenters. The molecule has 0 bridgehead atoms. The minimum Gasteiger partial charge on any atom is -0.310 e. The van der Waals surface area contributed by atoms with Crippen LogP contribution in [-0.2, 0) is 0 Å². The maximum Gasteiger partial charge on any atom is 0.0308 e. The third-order valence-corrected chi connectivity index (χ3v) is 6.33. The Kier molecular flexibility index (Phi) is 4.42. The van der Waals surface area contributed by atoms with Gasteiger partial charge in [-0.1, -0.05) is 46.0 Å². The van der Waals surface area contributed by atoms with Crippen LogP contribution in [0.2, 0.25) is 0 Å². The van der Waals surface area contributed by atoms with Crippen LogP contribution in [0.3, 0.4) is 0 Å². The molecule has 20 heavy (non-hydrogen) atoms. The zero-order valence-corrected chi connectivity index (χ0v) is 13.7. The van der Waals surface area contributed by atoms with Crippen LogP contribution >= 0.6 is 0 Å². The number of nitrogens with zero attached hydrogens (tertiary/aromatic N) is 1. The van der Waals surface area contributed by atoms with Gasteiger partial charge in [-0.25, -0.2) is 0 Å². The number of hydrogen-bond donors (Lipinski definition) is 1. The molecule has 0 amide bonds. The Morgan fingerprint density at radius 3 is 2.40 bits per heavy atom. The van der Waals surface area contributed by atoms with Gasteiger partial charge >= 0.3 is 0 Å². The van der Waals surface area contributed by atoms with Crippen molar-refractivity contribution in [2.24, 2.45) is 5.41 Å². The quantitative estimate of drug-likeness (QED) is 0.781. The molecular weight excluding hydrogens is 244 g/mol. The Labute approximate surface area is 125 Å². The first-order valence-corrected chi connectivity index (χ1v) is 9.11. The number of rotatable bonds is 1. The lowest BCUT2D eigenvalue weighted by Gasteiger charge is -2.48. The van der Waals surface area contributed by atoms with Crippen molar-refractivity contribution in [1.29, 1.82) is 0 Å². The lowest BCUT2D eigenvalue weighted by Crippen LogP contribution is -2.57. The van der Waals surface area contributed by atoms with E-state index in [1.807, 2.05) is 0 Å². The summed E-state index contributed by atoms with van der Waals surface area (Å²) in [6, 6.07) is 0.829. The highest BCUT2D eigenvalue weighted by atomic mass is 15.2. The van der Waals surface area contributed by atoms with E-state index in [1.165, 1.54) is 83.8 Å². The maximum absolute atomic E-state index is 3.95. The predicted octanol–water partition coefficient (Wildman–Crippen LogP) is 3.95. The van der Waals surface area contributed by atoms with Gasteiger partial charge < -0.3 is 5.32 Å². The van der Waals surface area contributed by atoms with Crippen molar-refractivity contribution in [3.05, 3.63) is 0 Å². The third kappa shape index (κ3) is 3.06. The highest BCUT2D eigenvalue weighted by Crippen LogP contribution is 2.40. The second kappa shape index (κ2) is 5.96. The van der Waals surface area contributed by atoms with Gasteiger partial charge in [0.15, 0.2) is 0 Å². The molecule has 1 atom stereocenters. The highest BCUT2D eigenvalue weighted by molar-refractivity contribution is 4.99. The molecule has 1 spiro atoms. The predicted molar refractivity (Wildman–Crippen MR) is 86.0 cm³/mol. The third-order valence-electron chi connectivity index (χ3n) is 6.33. The van der Waals surface area contributed by atoms with E-state index >= 15 is 0 Å². The maximum atomic E-state index is 3.95. The molecule has 2 aliphatic carbocycles. The van der Waals surface area contributed by atoms with E-state index in [0.29, 0.717) is 11.0 Å². The molecule has 3 rings (SSSR count). The highest BCUT2D eigenvalue weighted by Gasteiger charge is 2.41. The van der Waals surface area contributed by atoms with Crippen molar-refractivity contribution in [3.63, 3.8) is 0 Å². The Morgan fingerprint density at radius 1 is 0.900 bits per heavy atom. The topological polar surface area (TPSA) is 15.3 Å². The first-order chi connectivity index (χ1) is 9.61. The SMILES string of the molecule is CC1(C)CCCCC1N1CCCNC2(CCCCC2)C1. The standard InChI is InChI=1S/C18H34N2/c1-17(2)10-7-4-9-16(17)20-14-8-13-19-18(15-20)11-5-3-6-12-18/h16,19H,3-15H2,1-2H3. The lowest BCUT2D eigenvalue weighted by atomic mass is 9.71. The van der Waals surface area contributed by atoms with Crippen molar-refractivity contribution < 1.29 is 0 Å². The molecule has 0 radical (unpaired) electrons. The minimum atomic E-state index is 0.461. The van der Waals surface area contributed by atoms with Crippen molar-refractivity contribution >= 4 is 0 Å². The summed E-state index contributed by atoms with van der Waals surface area (Å²) in [7, 11) is 0. The largest absolute Gasteiger partial charge is 0.310 e. The van der Waals surface area contributed by atoms with Gasteiger partial charge in [0.1, 0.15) is 0 Å². The first-order valence-electron chi connectivity index (χ1n) is 9.11. The molecule has 0 aromatic rings. The van der Waals surface area contributed by atoms with Gasteiger partial charge in [-0.05, 0) is 50.6 Å². The summed E-state index contributed by atoms with van der Waals surface area (Å²) >= 11 is 0. The zero-order valence-electron chi connectivity index (χ0n) is 13.7. The van der Waals surface area contributed by atoms with Crippen LogP contribution in [0.25, 0.3) is 0 Å². The molecule has 1 N–H and O–H groups in total. The summed E-state index contributed by atoms with van der Waals surface area (Å²) < 4.78 is 0. The fraction of sp³-hybridized carbons (Fsp3) is 1.00. The fourth-order valence-corrected chi connectivity index (χ4v) is 5.14. The van der Waals surface area contributed by atoms with Crippen LogP contribution in [-0.4, -0.2) is 36.1 Å². The summed E-state index contributed by atoms with van der Waals surface area (Å²) in [4.78, 5) is 2.89. The summed E-state index contributed by atoms with van der Waals surface area (Å²) in [5.41, 5.74) is 0.987. The number of hydrogen-bond acceptors (Lipinski definition) is 2. The Balaban J connectivity index is 1.74. The number of nitrogens with one attached hydrogen (secondary N) is 1. The first kappa shape index (κ1) is 14.8. The average molecular weight is 278 g/mol. The smallest absolute Gasteiger partial charge is 0.0308 e. The van der Waals surface area contributed by atoms with E-state index in [9.17, 15) is 0 Å². The second-order valence-electron chi connectivity index (χ2n) is 8.34. The van der Waals surface area contributed by atoms with Gasteiger partial charge in [0, 0.05) is 18.1 Å². The van der Waals surface area contributed by atoms with E-state index in [0.717, 1.165) is 6.04 Å². The van der Waals surface area contributed by atoms with E-state index in [-0.39, 0.29) is 0 Å². The van der Waals surface area contributed by atoms with Crippen molar-refractivity contribution in [2.75, 3.05) is 19.6 Å². The van der Waals surface area contributed by atoms with Crippen molar-refractivity contribution in [2.45, 2.75) is 89.6 Å². The van der Waals surface area contributed by atoms with Crippen molar-refractivity contribution in [1.82, 2.24) is 10.2 Å². The van der Waals surface area contributed by atoms with Crippen molar-refractivity contribution in [3.8, 4) is 0 Å². The average Bonchev–Trinajstić information content (AvgIpc) is 2.62. The molecule has 2 saturated carbocycles. The molecular formula is C18H34N2. The summed E-state index contributed by atoms with van der Waals surface area (Å²) in [6.07, 6.45) is 14.3. The van der Waals surface area contributed by atoms with Gasteiger partial charge in [-0.3, -0.25) is 4.90 Å². The second-order valence-corrected chi connectivity index (χ2v) is 8.34. The van der Waals surface area contributed by atoms with Gasteiger partial charge in [0.05, 0.1) is 0 Å². The fourth-order valence-electron chi connectivity index (χ4n) is 5.14. The van der Waals surface area contributed by atoms with Crippen LogP contribution in [0.4, 0.5) is 0 Å². The lowest BCUT2D eigenvalue weighted by molar-refractivity contribution is 0.0297. The summed E-state index contributed by atoms with van der Waals surface area (Å²) in [6.45, 7) is 8.92. The van der Waals surface area contributed by atoms with Gasteiger partial charge in [0.2, 0.25) is 0 Å². The molecule has 116 valence electrons. The molecule has 2 nitrogen and oxygen atoms in total.